The molecule has 0 radical (unpaired) electrons. The van der Waals surface area contributed by atoms with E-state index in [1.54, 1.807) is 0 Å². The van der Waals surface area contributed by atoms with Crippen molar-refractivity contribution in [2.75, 3.05) is 0 Å². The van der Waals surface area contributed by atoms with Gasteiger partial charge in [-0.15, -0.1) is 0 Å². The predicted octanol–water partition coefficient (Wildman–Crippen LogP) is 2.68. The standard InChI is InChI=1S/C21H18O9/c22-13-3-1-11-15(8-5-9(20(26)27)7-10(6-8)21(28)29)12-2-4-14(23)17(25)19(12)30-18(11)16(13)24/h1-4,8-10,22,24-25H,5-7H2,(H,26,27)(H,28,29). The topological polar surface area (TPSA) is 165 Å². The summed E-state index contributed by atoms with van der Waals surface area (Å²) in [6, 6.07) is 5.25. The van der Waals surface area contributed by atoms with Gasteiger partial charge in [-0.2, -0.15) is 0 Å². The lowest BCUT2D eigenvalue weighted by Gasteiger charge is -2.33. The number of aromatic hydroxyl groups is 3. The van der Waals surface area contributed by atoms with Crippen molar-refractivity contribution in [3.05, 3.63) is 40.1 Å². The van der Waals surface area contributed by atoms with Gasteiger partial charge in [0, 0.05) is 10.9 Å². The van der Waals surface area contributed by atoms with Crippen LogP contribution >= 0.6 is 0 Å². The molecule has 30 heavy (non-hydrogen) atoms. The minimum atomic E-state index is -1.11. The zero-order valence-corrected chi connectivity index (χ0v) is 15.5. The number of hydrogen-bond donors (Lipinski definition) is 5. The van der Waals surface area contributed by atoms with E-state index < -0.39 is 52.4 Å². The van der Waals surface area contributed by atoms with Crippen LogP contribution in [0.15, 0.2) is 33.5 Å². The van der Waals surface area contributed by atoms with Crippen LogP contribution in [0.4, 0.5) is 0 Å². The molecule has 156 valence electrons. The Bertz CT molecular complexity index is 1190. The van der Waals surface area contributed by atoms with Crippen LogP contribution in [0.25, 0.3) is 22.3 Å². The Labute approximate surface area is 168 Å². The molecule has 2 aliphatic carbocycles. The number of phenolic OH excluding ortho intramolecular Hbond substituents is 3. The van der Waals surface area contributed by atoms with Crippen molar-refractivity contribution in [1.82, 2.24) is 0 Å². The number of hydrogen-bond acceptors (Lipinski definition) is 7. The summed E-state index contributed by atoms with van der Waals surface area (Å²) in [4.78, 5) is 35.2. The van der Waals surface area contributed by atoms with Gasteiger partial charge in [-0.3, -0.25) is 14.4 Å². The van der Waals surface area contributed by atoms with Crippen LogP contribution in [-0.4, -0.2) is 37.5 Å². The highest BCUT2D eigenvalue weighted by atomic mass is 16.4. The molecule has 2 unspecified atom stereocenters. The quantitative estimate of drug-likeness (QED) is 0.320. The molecule has 3 aliphatic rings. The second-order valence-electron chi connectivity index (χ2n) is 7.59. The number of carbonyl (C=O) groups is 2. The number of rotatable bonds is 3. The first-order valence-corrected chi connectivity index (χ1v) is 9.28. The van der Waals surface area contributed by atoms with E-state index in [1.807, 2.05) is 0 Å². The molecule has 1 aromatic carbocycles. The fourth-order valence-electron chi connectivity index (χ4n) is 4.39. The van der Waals surface area contributed by atoms with Gasteiger partial charge in [-0.1, -0.05) is 0 Å². The fourth-order valence-corrected chi connectivity index (χ4v) is 4.39. The summed E-state index contributed by atoms with van der Waals surface area (Å²) in [7, 11) is 0. The summed E-state index contributed by atoms with van der Waals surface area (Å²) >= 11 is 0. The zero-order chi connectivity index (χ0) is 21.7. The largest absolute Gasteiger partial charge is 0.504 e. The maximum atomic E-state index is 11.9. The van der Waals surface area contributed by atoms with Gasteiger partial charge in [-0.25, -0.2) is 0 Å². The Morgan fingerprint density at radius 3 is 2.10 bits per heavy atom. The van der Waals surface area contributed by atoms with E-state index in [4.69, 9.17) is 4.42 Å². The van der Waals surface area contributed by atoms with Gasteiger partial charge in [0.1, 0.15) is 0 Å². The lowest BCUT2D eigenvalue weighted by molar-refractivity contribution is -0.148. The molecule has 4 rings (SSSR count). The number of phenols is 3. The highest BCUT2D eigenvalue weighted by Crippen LogP contribution is 2.49. The molecule has 0 spiro atoms. The molecule has 1 fully saturated rings. The first-order chi connectivity index (χ1) is 14.2. The lowest BCUT2D eigenvalue weighted by atomic mass is 9.71. The molecular weight excluding hydrogens is 396 g/mol. The van der Waals surface area contributed by atoms with Crippen LogP contribution < -0.4 is 5.43 Å². The van der Waals surface area contributed by atoms with Crippen molar-refractivity contribution >= 4 is 22.9 Å². The molecule has 1 aliphatic heterocycles. The van der Waals surface area contributed by atoms with Gasteiger partial charge < -0.3 is 29.9 Å². The van der Waals surface area contributed by atoms with Crippen LogP contribution in [0.5, 0.6) is 17.2 Å². The van der Waals surface area contributed by atoms with Crippen LogP contribution in [0.2, 0.25) is 0 Å². The molecule has 0 aromatic heterocycles. The third-order valence-corrected chi connectivity index (χ3v) is 5.80. The Morgan fingerprint density at radius 1 is 0.867 bits per heavy atom. The third kappa shape index (κ3) is 2.99. The number of carboxylic acids is 2. The molecule has 2 atom stereocenters. The Balaban J connectivity index is 2.03. The number of fused-ring (bicyclic) bond motifs is 2. The van der Waals surface area contributed by atoms with Crippen molar-refractivity contribution in [3.63, 3.8) is 0 Å². The Hall–Kier alpha value is -3.75. The summed E-state index contributed by atoms with van der Waals surface area (Å²) in [6.07, 6.45) is 0.264. The van der Waals surface area contributed by atoms with Crippen molar-refractivity contribution in [3.8, 4) is 28.6 Å². The fraction of sp³-hybridized carbons (Fsp3) is 0.286. The number of benzene rings is 2. The molecule has 1 heterocycles. The molecule has 1 aromatic rings. The zero-order valence-electron chi connectivity index (χ0n) is 15.5. The van der Waals surface area contributed by atoms with Crippen molar-refractivity contribution < 1.29 is 39.5 Å². The summed E-state index contributed by atoms with van der Waals surface area (Å²) in [5.41, 5.74) is -0.145. The number of carboxylic acid groups (broad SMARTS) is 2. The average Bonchev–Trinajstić information content (AvgIpc) is 2.72. The minimum Gasteiger partial charge on any atom is -0.504 e. The molecule has 9 nitrogen and oxygen atoms in total. The van der Waals surface area contributed by atoms with E-state index >= 15 is 0 Å². The maximum absolute atomic E-state index is 11.9. The molecule has 1 saturated carbocycles. The van der Waals surface area contributed by atoms with E-state index in [0.717, 1.165) is 6.07 Å². The van der Waals surface area contributed by atoms with Crippen molar-refractivity contribution in [1.29, 1.82) is 0 Å². The van der Waals surface area contributed by atoms with Gasteiger partial charge in [0.2, 0.25) is 16.9 Å². The summed E-state index contributed by atoms with van der Waals surface area (Å²) in [6.45, 7) is 0. The second-order valence-corrected chi connectivity index (χ2v) is 7.59. The van der Waals surface area contributed by atoms with E-state index in [0.29, 0.717) is 16.5 Å². The molecule has 0 bridgehead atoms. The monoisotopic (exact) mass is 414 g/mol. The summed E-state index contributed by atoms with van der Waals surface area (Å²) < 4.78 is 5.56. The second kappa shape index (κ2) is 6.94. The van der Waals surface area contributed by atoms with Gasteiger partial charge in [0.15, 0.2) is 17.1 Å². The smallest absolute Gasteiger partial charge is 0.306 e. The number of aliphatic carboxylic acids is 2. The van der Waals surface area contributed by atoms with Crippen LogP contribution in [0, 0.1) is 11.8 Å². The summed E-state index contributed by atoms with van der Waals surface area (Å²) in [5.74, 6) is -6.58. The summed E-state index contributed by atoms with van der Waals surface area (Å²) in [5, 5.41) is 49.8. The Morgan fingerprint density at radius 2 is 1.50 bits per heavy atom. The van der Waals surface area contributed by atoms with Crippen molar-refractivity contribution in [2.24, 2.45) is 11.8 Å². The molecule has 0 amide bonds. The molecule has 9 heteroatoms. The van der Waals surface area contributed by atoms with E-state index in [-0.39, 0.29) is 30.6 Å². The SMILES string of the molecule is O=C(O)C1CC(C(=O)O)CC(c2c3ccc(=O)c(O)c-3oc3c(O)c(O)ccc23)C1. The van der Waals surface area contributed by atoms with Crippen molar-refractivity contribution in [2.45, 2.75) is 25.2 Å². The van der Waals surface area contributed by atoms with Crippen LogP contribution in [0.3, 0.4) is 0 Å². The predicted molar refractivity (Wildman–Crippen MR) is 103 cm³/mol. The lowest BCUT2D eigenvalue weighted by Crippen LogP contribution is -2.31. The van der Waals surface area contributed by atoms with E-state index in [9.17, 15) is 39.9 Å². The van der Waals surface area contributed by atoms with Gasteiger partial charge in [-0.05, 0) is 55.0 Å². The first-order valence-electron chi connectivity index (χ1n) is 9.28. The first kappa shape index (κ1) is 19.6. The van der Waals surface area contributed by atoms with Crippen LogP contribution in [-0.2, 0) is 9.59 Å². The minimum absolute atomic E-state index is 0.00373. The van der Waals surface area contributed by atoms with E-state index in [2.05, 4.69) is 0 Å². The molecule has 5 N–H and O–H groups in total. The highest BCUT2D eigenvalue weighted by molar-refractivity contribution is 5.94. The Kier molecular flexibility index (Phi) is 4.53. The van der Waals surface area contributed by atoms with Gasteiger partial charge >= 0.3 is 11.9 Å². The maximum Gasteiger partial charge on any atom is 0.306 e. The van der Waals surface area contributed by atoms with Gasteiger partial charge in [0.25, 0.3) is 0 Å². The third-order valence-electron chi connectivity index (χ3n) is 5.80. The normalized spacial score (nSPS) is 21.7. The highest BCUT2D eigenvalue weighted by Gasteiger charge is 2.39. The van der Waals surface area contributed by atoms with Crippen LogP contribution in [0.1, 0.15) is 30.7 Å². The van der Waals surface area contributed by atoms with Gasteiger partial charge in [0.05, 0.1) is 11.8 Å². The average molecular weight is 414 g/mol. The van der Waals surface area contributed by atoms with E-state index in [1.165, 1.54) is 18.2 Å². The molecule has 0 saturated heterocycles. The molecular formula is C21H18O9.